The number of aliphatic hydroxyl groups excluding tert-OH is 1. The van der Waals surface area contributed by atoms with Crippen LogP contribution in [0, 0.1) is 0 Å². The number of methoxy groups -OCH3 is 1. The van der Waals surface area contributed by atoms with Gasteiger partial charge in [0.2, 0.25) is 0 Å². The molecule has 0 bridgehead atoms. The predicted octanol–water partition coefficient (Wildman–Crippen LogP) is -0.0963. The molecule has 5 atom stereocenters. The molecule has 1 aliphatic heterocycles. The van der Waals surface area contributed by atoms with E-state index in [0.717, 1.165) is 0 Å². The zero-order chi connectivity index (χ0) is 20.0. The van der Waals surface area contributed by atoms with Crippen LogP contribution in [0.25, 0.3) is 0 Å². The zero-order valence-electron chi connectivity index (χ0n) is 15.6. The van der Waals surface area contributed by atoms with Gasteiger partial charge in [-0.15, -0.1) is 0 Å². The van der Waals surface area contributed by atoms with E-state index in [0.29, 0.717) is 5.56 Å². The maximum Gasteiger partial charge on any atom is 0.338 e. The fraction of sp³-hybridized carbons (Fsp3) is 0.562. The van der Waals surface area contributed by atoms with Crippen molar-refractivity contribution in [3.63, 3.8) is 0 Å². The van der Waals surface area contributed by atoms with Gasteiger partial charge in [-0.3, -0.25) is 4.55 Å². The summed E-state index contributed by atoms with van der Waals surface area (Å²) in [5.41, 5.74) is 0.311. The summed E-state index contributed by atoms with van der Waals surface area (Å²) in [6, 6.07) is 6.93. The fourth-order valence-electron chi connectivity index (χ4n) is 2.75. The number of hydrogen-bond acceptors (Lipinski definition) is 9. The van der Waals surface area contributed by atoms with Crippen LogP contribution >= 0.6 is 0 Å². The third kappa shape index (κ3) is 6.46. The first-order chi connectivity index (χ1) is 12.8. The van der Waals surface area contributed by atoms with Crippen molar-refractivity contribution in [1.29, 1.82) is 0 Å². The molecule has 1 aliphatic rings. The second-order valence-corrected chi connectivity index (χ2v) is 6.96. The molecule has 1 aromatic carbocycles. The summed E-state index contributed by atoms with van der Waals surface area (Å²) in [7, 11) is -3.33. The smallest absolute Gasteiger partial charge is 0.338 e. The standard InChI is InChI=1S/C16H23NO9S.H3N/c1-3-24-14-12(17-27(20,21)22)13(18)11(26-16(14)23-2)9-25-15(19)10-7-5-4-6-8-10;/h4-8,11-14,16-18H,3,9H2,1-2H3,(H,20,21,22);1H3/t11-,12+,13-,14+,16+;/m1./s1. The molecule has 0 aliphatic carbocycles. The van der Waals surface area contributed by atoms with Crippen LogP contribution in [0.1, 0.15) is 17.3 Å². The van der Waals surface area contributed by atoms with Crippen LogP contribution < -0.4 is 10.9 Å². The van der Waals surface area contributed by atoms with Gasteiger partial charge in [-0.2, -0.15) is 13.1 Å². The lowest BCUT2D eigenvalue weighted by Gasteiger charge is -2.43. The van der Waals surface area contributed by atoms with Gasteiger partial charge in [0.05, 0.1) is 11.6 Å². The highest BCUT2D eigenvalue weighted by molar-refractivity contribution is 7.83. The van der Waals surface area contributed by atoms with Gasteiger partial charge in [0.1, 0.15) is 24.9 Å². The largest absolute Gasteiger partial charge is 0.459 e. The van der Waals surface area contributed by atoms with Gasteiger partial charge >= 0.3 is 16.3 Å². The van der Waals surface area contributed by atoms with E-state index in [-0.39, 0.29) is 19.4 Å². The molecule has 6 N–H and O–H groups in total. The number of aliphatic hydroxyl groups is 1. The van der Waals surface area contributed by atoms with E-state index in [4.69, 9.17) is 23.5 Å². The predicted molar refractivity (Wildman–Crippen MR) is 97.3 cm³/mol. The molecule has 160 valence electrons. The number of rotatable bonds is 8. The minimum atomic E-state index is -4.65. The Bertz CT molecular complexity index is 716. The molecule has 0 amide bonds. The normalized spacial score (nSPS) is 27.6. The van der Waals surface area contributed by atoms with Crippen LogP contribution in [0.5, 0.6) is 0 Å². The lowest BCUT2D eigenvalue weighted by Crippen LogP contribution is -2.65. The van der Waals surface area contributed by atoms with Gasteiger partial charge in [0, 0.05) is 13.7 Å². The van der Waals surface area contributed by atoms with E-state index in [1.54, 1.807) is 37.3 Å². The van der Waals surface area contributed by atoms with Crippen molar-refractivity contribution in [1.82, 2.24) is 10.9 Å². The Morgan fingerprint density at radius 2 is 1.93 bits per heavy atom. The molecule has 2 rings (SSSR count). The average Bonchev–Trinajstić information content (AvgIpc) is 2.63. The second kappa shape index (κ2) is 10.8. The summed E-state index contributed by atoms with van der Waals surface area (Å²) in [6.45, 7) is 1.48. The van der Waals surface area contributed by atoms with Crippen molar-refractivity contribution >= 4 is 16.3 Å². The van der Waals surface area contributed by atoms with E-state index in [1.807, 2.05) is 4.72 Å². The molecule has 1 heterocycles. The third-order valence-corrected chi connectivity index (χ3v) is 4.51. The lowest BCUT2D eigenvalue weighted by atomic mass is 9.97. The van der Waals surface area contributed by atoms with Crippen LogP contribution in [0.3, 0.4) is 0 Å². The highest BCUT2D eigenvalue weighted by Gasteiger charge is 2.48. The number of ether oxygens (including phenoxy) is 4. The van der Waals surface area contributed by atoms with E-state index in [1.165, 1.54) is 7.11 Å². The van der Waals surface area contributed by atoms with Crippen molar-refractivity contribution in [3.05, 3.63) is 35.9 Å². The molecule has 11 nitrogen and oxygen atoms in total. The van der Waals surface area contributed by atoms with Crippen molar-refractivity contribution in [2.45, 2.75) is 37.6 Å². The number of esters is 1. The highest BCUT2D eigenvalue weighted by Crippen LogP contribution is 2.25. The summed E-state index contributed by atoms with van der Waals surface area (Å²) in [6.07, 6.45) is -4.68. The summed E-state index contributed by atoms with van der Waals surface area (Å²) >= 11 is 0. The van der Waals surface area contributed by atoms with Crippen molar-refractivity contribution in [3.8, 4) is 0 Å². The van der Waals surface area contributed by atoms with E-state index >= 15 is 0 Å². The Morgan fingerprint density at radius 3 is 2.46 bits per heavy atom. The third-order valence-electron chi connectivity index (χ3n) is 3.94. The highest BCUT2D eigenvalue weighted by atomic mass is 32.2. The minimum Gasteiger partial charge on any atom is -0.459 e. The topological polar surface area (TPSA) is 176 Å². The van der Waals surface area contributed by atoms with Gasteiger partial charge in [-0.1, -0.05) is 18.2 Å². The van der Waals surface area contributed by atoms with Crippen LogP contribution in [0.4, 0.5) is 0 Å². The summed E-state index contributed by atoms with van der Waals surface area (Å²) in [4.78, 5) is 12.1. The summed E-state index contributed by atoms with van der Waals surface area (Å²) in [5.74, 6) is -0.633. The Balaban J connectivity index is 0.00000392. The monoisotopic (exact) mass is 422 g/mol. The first-order valence-corrected chi connectivity index (χ1v) is 9.65. The minimum absolute atomic E-state index is 0. The van der Waals surface area contributed by atoms with E-state index in [9.17, 15) is 18.3 Å². The first kappa shape index (κ1) is 24.4. The van der Waals surface area contributed by atoms with Crippen LogP contribution in [-0.4, -0.2) is 75.0 Å². The average molecular weight is 422 g/mol. The number of benzene rings is 1. The number of carbonyl (C=O) groups is 1. The van der Waals surface area contributed by atoms with Crippen LogP contribution in [0.2, 0.25) is 0 Å². The Morgan fingerprint density at radius 1 is 1.29 bits per heavy atom. The molecule has 0 spiro atoms. The second-order valence-electron chi connectivity index (χ2n) is 5.77. The summed E-state index contributed by atoms with van der Waals surface area (Å²) in [5, 5.41) is 10.5. The van der Waals surface area contributed by atoms with E-state index < -0.39 is 46.9 Å². The lowest BCUT2D eigenvalue weighted by molar-refractivity contribution is -0.278. The summed E-state index contributed by atoms with van der Waals surface area (Å²) < 4.78 is 54.8. The number of hydrogen-bond donors (Lipinski definition) is 4. The SMILES string of the molecule is CCO[C@@H]1[C@@H](OC)O[C@H](COC(=O)c2ccccc2)[C@@H](O)[C@@H]1NS(=O)(=O)O.N. The van der Waals surface area contributed by atoms with Gasteiger partial charge in [0.25, 0.3) is 0 Å². The molecule has 0 unspecified atom stereocenters. The number of carbonyl (C=O) groups excluding carboxylic acids is 1. The van der Waals surface area contributed by atoms with Crippen LogP contribution in [0.15, 0.2) is 30.3 Å². The molecular weight excluding hydrogens is 396 g/mol. The van der Waals surface area contributed by atoms with Gasteiger partial charge < -0.3 is 30.2 Å². The fourth-order valence-corrected chi connectivity index (χ4v) is 3.37. The van der Waals surface area contributed by atoms with E-state index in [2.05, 4.69) is 0 Å². The molecule has 28 heavy (non-hydrogen) atoms. The van der Waals surface area contributed by atoms with Crippen molar-refractivity contribution < 1.29 is 41.8 Å². The Hall–Kier alpha value is -1.64. The molecule has 1 saturated heterocycles. The molecule has 0 radical (unpaired) electrons. The maximum atomic E-state index is 12.1. The molecular formula is C16H26N2O9S. The number of nitrogens with one attached hydrogen (secondary N) is 1. The maximum absolute atomic E-state index is 12.1. The molecule has 1 aromatic rings. The zero-order valence-corrected chi connectivity index (χ0v) is 16.4. The molecule has 0 aromatic heterocycles. The Labute approximate surface area is 163 Å². The molecule has 12 heteroatoms. The first-order valence-electron chi connectivity index (χ1n) is 8.21. The van der Waals surface area contributed by atoms with Crippen molar-refractivity contribution in [2.75, 3.05) is 20.3 Å². The van der Waals surface area contributed by atoms with Crippen LogP contribution in [-0.2, 0) is 29.3 Å². The van der Waals surface area contributed by atoms with Gasteiger partial charge in [0.15, 0.2) is 6.29 Å². The Kier molecular flexibility index (Phi) is 9.39. The molecule has 0 saturated carbocycles. The molecule has 1 fully saturated rings. The van der Waals surface area contributed by atoms with Gasteiger partial charge in [-0.25, -0.2) is 4.79 Å². The quantitative estimate of drug-likeness (QED) is 0.327. The van der Waals surface area contributed by atoms with Crippen molar-refractivity contribution in [2.24, 2.45) is 0 Å². The van der Waals surface area contributed by atoms with Gasteiger partial charge in [-0.05, 0) is 19.1 Å².